The molecule has 0 heterocycles. The van der Waals surface area contributed by atoms with Gasteiger partial charge in [-0.25, -0.2) is 4.79 Å². The second-order valence-electron chi connectivity index (χ2n) is 5.27. The van der Waals surface area contributed by atoms with E-state index in [4.69, 9.17) is 23.2 Å². The Hall–Kier alpha value is -2.24. The zero-order chi connectivity index (χ0) is 17.7. The molecule has 0 saturated carbocycles. The van der Waals surface area contributed by atoms with E-state index >= 15 is 0 Å². The molecular weight excluding hydrogens is 351 g/mol. The molecule has 0 aliphatic rings. The molecule has 2 aromatic rings. The number of hydrogen-bond donors (Lipinski definition) is 2. The summed E-state index contributed by atoms with van der Waals surface area (Å²) in [5.41, 5.74) is 2.15. The number of carboxylic acids is 1. The van der Waals surface area contributed by atoms with Crippen LogP contribution in [0.5, 0.6) is 0 Å². The average molecular weight is 366 g/mol. The Bertz CT molecular complexity index is 748. The summed E-state index contributed by atoms with van der Waals surface area (Å²) in [6.45, 7) is 1.92. The van der Waals surface area contributed by atoms with Crippen molar-refractivity contribution in [3.05, 3.63) is 63.6 Å². The minimum atomic E-state index is -1.25. The summed E-state index contributed by atoms with van der Waals surface area (Å²) in [6, 6.07) is 10.6. The molecule has 2 N–H and O–H groups in total. The first kappa shape index (κ1) is 18.1. The van der Waals surface area contributed by atoms with Crippen molar-refractivity contribution in [2.45, 2.75) is 19.4 Å². The van der Waals surface area contributed by atoms with Gasteiger partial charge in [0.15, 0.2) is 0 Å². The summed E-state index contributed by atoms with van der Waals surface area (Å²) < 4.78 is 0. The van der Waals surface area contributed by atoms with Crippen molar-refractivity contribution in [3.8, 4) is 0 Å². The molecule has 7 heteroatoms. The van der Waals surface area contributed by atoms with Crippen LogP contribution in [0.1, 0.15) is 23.6 Å². The molecule has 0 aromatic heterocycles. The number of carbonyl (C=O) groups is 2. The van der Waals surface area contributed by atoms with Crippen molar-refractivity contribution in [2.75, 3.05) is 5.32 Å². The van der Waals surface area contributed by atoms with Gasteiger partial charge in [-0.1, -0.05) is 53.0 Å². The van der Waals surface area contributed by atoms with Gasteiger partial charge in [0, 0.05) is 18.1 Å². The standard InChI is InChI=1S/C17H16Cl2N2O3/c1-10-2-4-11(5-3-10)15(9-16(22)23)21-17(24)20-12-6-7-13(18)14(19)8-12/h2-8,15H,9H2,1H3,(H,22,23)(H2,20,21,24)/p-1/t15-/m1/s1. The number of benzene rings is 2. The number of rotatable bonds is 5. The van der Waals surface area contributed by atoms with Crippen LogP contribution in [0.3, 0.4) is 0 Å². The molecule has 0 bridgehead atoms. The van der Waals surface area contributed by atoms with Gasteiger partial charge in [-0.15, -0.1) is 0 Å². The van der Waals surface area contributed by atoms with Crippen LogP contribution in [-0.2, 0) is 4.79 Å². The molecule has 2 rings (SSSR count). The number of aryl methyl sites for hydroxylation is 1. The average Bonchev–Trinajstić information content (AvgIpc) is 2.50. The van der Waals surface area contributed by atoms with Gasteiger partial charge in [-0.3, -0.25) is 0 Å². The Morgan fingerprint density at radius 3 is 2.33 bits per heavy atom. The van der Waals surface area contributed by atoms with Crippen LogP contribution in [0.2, 0.25) is 10.0 Å². The Kier molecular flexibility index (Phi) is 6.06. The highest BCUT2D eigenvalue weighted by Gasteiger charge is 2.15. The molecule has 1 atom stereocenters. The van der Waals surface area contributed by atoms with E-state index in [-0.39, 0.29) is 6.42 Å². The number of amides is 2. The van der Waals surface area contributed by atoms with Gasteiger partial charge in [0.1, 0.15) is 0 Å². The predicted octanol–water partition coefficient (Wildman–Crippen LogP) is 3.30. The van der Waals surface area contributed by atoms with E-state index < -0.39 is 18.0 Å². The number of aliphatic carboxylic acids is 1. The third-order valence-corrected chi connectivity index (χ3v) is 4.07. The van der Waals surface area contributed by atoms with Crippen molar-refractivity contribution in [1.82, 2.24) is 5.32 Å². The lowest BCUT2D eigenvalue weighted by atomic mass is 10.0. The second kappa shape index (κ2) is 8.04. The molecular formula is C17H15Cl2N2O3-. The minimum absolute atomic E-state index is 0.305. The summed E-state index contributed by atoms with van der Waals surface area (Å²) in [5, 5.41) is 16.8. The molecule has 0 saturated heterocycles. The van der Waals surface area contributed by atoms with E-state index in [1.807, 2.05) is 19.1 Å². The minimum Gasteiger partial charge on any atom is -0.550 e. The Labute approximate surface area is 149 Å². The fourth-order valence-electron chi connectivity index (χ4n) is 2.12. The Morgan fingerprint density at radius 1 is 1.08 bits per heavy atom. The third-order valence-electron chi connectivity index (χ3n) is 3.33. The fourth-order valence-corrected chi connectivity index (χ4v) is 2.42. The SMILES string of the molecule is Cc1ccc([C@@H](CC(=O)[O-])NC(=O)Nc2ccc(Cl)c(Cl)c2)cc1. The summed E-state index contributed by atoms with van der Waals surface area (Å²) in [7, 11) is 0. The summed E-state index contributed by atoms with van der Waals surface area (Å²) in [4.78, 5) is 23.1. The molecule has 0 radical (unpaired) electrons. The maximum absolute atomic E-state index is 12.1. The molecule has 0 aliphatic heterocycles. The number of carbonyl (C=O) groups excluding carboxylic acids is 2. The van der Waals surface area contributed by atoms with Crippen molar-refractivity contribution in [2.24, 2.45) is 0 Å². The fraction of sp³-hybridized carbons (Fsp3) is 0.176. The Balaban J connectivity index is 2.10. The van der Waals surface area contributed by atoms with Crippen LogP contribution in [0.4, 0.5) is 10.5 Å². The number of halogens is 2. The van der Waals surface area contributed by atoms with Gasteiger partial charge in [0.05, 0.1) is 16.1 Å². The maximum atomic E-state index is 12.1. The van der Waals surface area contributed by atoms with Crippen molar-refractivity contribution in [1.29, 1.82) is 0 Å². The lowest BCUT2D eigenvalue weighted by Gasteiger charge is -2.20. The topological polar surface area (TPSA) is 81.3 Å². The number of hydrogen-bond acceptors (Lipinski definition) is 3. The normalized spacial score (nSPS) is 11.6. The molecule has 2 amide bonds. The molecule has 0 aliphatic carbocycles. The molecule has 0 fully saturated rings. The molecule has 24 heavy (non-hydrogen) atoms. The lowest BCUT2D eigenvalue weighted by Crippen LogP contribution is -2.36. The Morgan fingerprint density at radius 2 is 1.75 bits per heavy atom. The van der Waals surface area contributed by atoms with E-state index in [1.54, 1.807) is 24.3 Å². The predicted molar refractivity (Wildman–Crippen MR) is 92.2 cm³/mol. The first-order valence-electron chi connectivity index (χ1n) is 7.14. The molecule has 0 unspecified atom stereocenters. The molecule has 2 aromatic carbocycles. The summed E-state index contributed by atoms with van der Waals surface area (Å²) in [5.74, 6) is -1.25. The maximum Gasteiger partial charge on any atom is 0.319 e. The zero-order valence-corrected chi connectivity index (χ0v) is 14.3. The smallest absolute Gasteiger partial charge is 0.319 e. The summed E-state index contributed by atoms with van der Waals surface area (Å²) >= 11 is 11.7. The summed E-state index contributed by atoms with van der Waals surface area (Å²) in [6.07, 6.45) is -0.335. The van der Waals surface area contributed by atoms with Crippen LogP contribution in [-0.4, -0.2) is 12.0 Å². The first-order chi connectivity index (χ1) is 11.3. The monoisotopic (exact) mass is 365 g/mol. The third kappa shape index (κ3) is 5.15. The van der Waals surface area contributed by atoms with E-state index in [0.29, 0.717) is 21.3 Å². The molecule has 5 nitrogen and oxygen atoms in total. The highest BCUT2D eigenvalue weighted by molar-refractivity contribution is 6.42. The second-order valence-corrected chi connectivity index (χ2v) is 6.08. The van der Waals surface area contributed by atoms with Gasteiger partial charge in [-0.05, 0) is 30.7 Å². The zero-order valence-electron chi connectivity index (χ0n) is 12.8. The van der Waals surface area contributed by atoms with Gasteiger partial charge in [-0.2, -0.15) is 0 Å². The van der Waals surface area contributed by atoms with Crippen LogP contribution >= 0.6 is 23.2 Å². The van der Waals surface area contributed by atoms with Gasteiger partial charge in [0.25, 0.3) is 0 Å². The van der Waals surface area contributed by atoms with E-state index in [0.717, 1.165) is 5.56 Å². The largest absolute Gasteiger partial charge is 0.550 e. The quantitative estimate of drug-likeness (QED) is 0.852. The van der Waals surface area contributed by atoms with Crippen molar-refractivity contribution < 1.29 is 14.7 Å². The van der Waals surface area contributed by atoms with Crippen molar-refractivity contribution in [3.63, 3.8) is 0 Å². The van der Waals surface area contributed by atoms with Crippen LogP contribution in [0.15, 0.2) is 42.5 Å². The number of nitrogens with one attached hydrogen (secondary N) is 2. The highest BCUT2D eigenvalue weighted by atomic mass is 35.5. The van der Waals surface area contributed by atoms with Gasteiger partial charge < -0.3 is 20.5 Å². The number of urea groups is 1. The first-order valence-corrected chi connectivity index (χ1v) is 7.89. The van der Waals surface area contributed by atoms with E-state index in [1.165, 1.54) is 6.07 Å². The van der Waals surface area contributed by atoms with E-state index in [9.17, 15) is 14.7 Å². The van der Waals surface area contributed by atoms with Crippen molar-refractivity contribution >= 4 is 40.9 Å². The number of carboxylic acid groups (broad SMARTS) is 1. The van der Waals surface area contributed by atoms with Gasteiger partial charge >= 0.3 is 6.03 Å². The van der Waals surface area contributed by atoms with Crippen LogP contribution in [0.25, 0.3) is 0 Å². The van der Waals surface area contributed by atoms with E-state index in [2.05, 4.69) is 10.6 Å². The molecule has 0 spiro atoms. The van der Waals surface area contributed by atoms with Crippen LogP contribution < -0.4 is 15.7 Å². The highest BCUT2D eigenvalue weighted by Crippen LogP contribution is 2.25. The lowest BCUT2D eigenvalue weighted by molar-refractivity contribution is -0.306. The van der Waals surface area contributed by atoms with Gasteiger partial charge in [0.2, 0.25) is 0 Å². The van der Waals surface area contributed by atoms with Crippen LogP contribution in [0, 0.1) is 6.92 Å². The molecule has 126 valence electrons. The number of anilines is 1.